The van der Waals surface area contributed by atoms with Crippen LogP contribution in [0.4, 0.5) is 0 Å². The Kier molecular flexibility index (Phi) is 43.6. The van der Waals surface area contributed by atoms with Gasteiger partial charge in [0.05, 0.1) is 26.4 Å². The average molecular weight is 1060 g/mol. The van der Waals surface area contributed by atoms with Gasteiger partial charge in [-0.3, -0.25) is 4.79 Å². The van der Waals surface area contributed by atoms with E-state index in [1.165, 1.54) is 148 Å². The maximum atomic E-state index is 13.1. The van der Waals surface area contributed by atoms with Crippen molar-refractivity contribution < 1.29 is 69.0 Å². The van der Waals surface area contributed by atoms with Gasteiger partial charge >= 0.3 is 5.97 Å². The molecule has 0 radical (unpaired) electrons. The lowest BCUT2D eigenvalue weighted by Gasteiger charge is -2.42. The number of aliphatic hydroxyl groups excluding tert-OH is 7. The molecular formula is C60H110O14. The number of unbranched alkanes of at least 4 members (excludes halogenated alkanes) is 29. The first-order valence-corrected chi connectivity index (χ1v) is 30.1. The summed E-state index contributed by atoms with van der Waals surface area (Å²) in [6.07, 6.45) is 39.2. The number of allylic oxidation sites excluding steroid dienone is 6. The van der Waals surface area contributed by atoms with Crippen molar-refractivity contribution >= 4 is 5.97 Å². The standard InChI is InChI=1S/C60H110O14/c1-3-5-7-9-11-13-15-17-19-21-22-23-24-25-26-27-28-30-32-34-36-38-40-42-44-69-46-49(72-52(62)43-41-39-37-35-33-31-29-20-18-16-14-12-10-8-6-4-2)47-70-59-58(68)56(66)54(64)51(74-59)48-71-60-57(67)55(65)53(63)50(45-61)73-60/h14,16,20-22,29,49-51,53-61,63-68H,3-13,15,17-19,23-28,30-48H2,1-2H3/b16-14-,22-21-,29-20-. The average Bonchev–Trinajstić information content (AvgIpc) is 3.40. The lowest BCUT2D eigenvalue weighted by Crippen LogP contribution is -2.61. The molecular weight excluding hydrogens is 945 g/mol. The molecule has 434 valence electrons. The van der Waals surface area contributed by atoms with Crippen LogP contribution in [0, 0.1) is 0 Å². The first-order valence-electron chi connectivity index (χ1n) is 30.1. The zero-order chi connectivity index (χ0) is 53.7. The Morgan fingerprint density at radius 1 is 0.446 bits per heavy atom. The molecule has 0 saturated carbocycles. The number of ether oxygens (including phenoxy) is 6. The van der Waals surface area contributed by atoms with Crippen LogP contribution < -0.4 is 0 Å². The van der Waals surface area contributed by atoms with Crippen LogP contribution in [0.15, 0.2) is 36.5 Å². The molecule has 2 aliphatic heterocycles. The third-order valence-corrected chi connectivity index (χ3v) is 14.4. The van der Waals surface area contributed by atoms with E-state index < -0.39 is 80.7 Å². The molecule has 2 saturated heterocycles. The van der Waals surface area contributed by atoms with Crippen molar-refractivity contribution in [2.45, 2.75) is 306 Å². The number of aliphatic hydroxyl groups is 7. The molecule has 0 aliphatic carbocycles. The Morgan fingerprint density at radius 2 is 0.838 bits per heavy atom. The molecule has 14 heteroatoms. The molecule has 2 rings (SSSR count). The van der Waals surface area contributed by atoms with Gasteiger partial charge in [-0.1, -0.05) is 198 Å². The number of carbonyl (C=O) groups excluding carboxylic acids is 1. The number of carbonyl (C=O) groups is 1. The van der Waals surface area contributed by atoms with Crippen LogP contribution in [0.3, 0.4) is 0 Å². The Morgan fingerprint density at radius 3 is 1.32 bits per heavy atom. The molecule has 0 aromatic heterocycles. The number of rotatable bonds is 49. The van der Waals surface area contributed by atoms with Gasteiger partial charge in [0.15, 0.2) is 12.6 Å². The van der Waals surface area contributed by atoms with Crippen molar-refractivity contribution in [2.24, 2.45) is 0 Å². The quantitative estimate of drug-likeness (QED) is 0.0172. The summed E-state index contributed by atoms with van der Waals surface area (Å²) in [5.74, 6) is -0.387. The predicted octanol–water partition coefficient (Wildman–Crippen LogP) is 10.9. The lowest BCUT2D eigenvalue weighted by molar-refractivity contribution is -0.332. The second kappa shape index (κ2) is 47.2. The molecule has 0 bridgehead atoms. The summed E-state index contributed by atoms with van der Waals surface area (Å²) in [7, 11) is 0. The topological polar surface area (TPSA) is 214 Å². The highest BCUT2D eigenvalue weighted by Crippen LogP contribution is 2.27. The smallest absolute Gasteiger partial charge is 0.306 e. The largest absolute Gasteiger partial charge is 0.457 e. The van der Waals surface area contributed by atoms with Crippen LogP contribution >= 0.6 is 0 Å². The number of hydrogen-bond acceptors (Lipinski definition) is 14. The predicted molar refractivity (Wildman–Crippen MR) is 293 cm³/mol. The first kappa shape index (κ1) is 68.3. The molecule has 2 aliphatic rings. The van der Waals surface area contributed by atoms with Gasteiger partial charge in [0.1, 0.15) is 54.9 Å². The summed E-state index contributed by atoms with van der Waals surface area (Å²) < 4.78 is 34.4. The van der Waals surface area contributed by atoms with Crippen LogP contribution in [0.5, 0.6) is 0 Å². The maximum absolute atomic E-state index is 13.1. The monoisotopic (exact) mass is 1050 g/mol. The summed E-state index contributed by atoms with van der Waals surface area (Å²) in [5, 5.41) is 72.3. The van der Waals surface area contributed by atoms with Gasteiger partial charge in [-0.05, 0) is 70.6 Å². The van der Waals surface area contributed by atoms with Crippen molar-refractivity contribution in [2.75, 3.05) is 33.0 Å². The Hall–Kier alpha value is -1.79. The summed E-state index contributed by atoms with van der Waals surface area (Å²) in [6, 6.07) is 0. The minimum atomic E-state index is -1.71. The third-order valence-electron chi connectivity index (χ3n) is 14.4. The summed E-state index contributed by atoms with van der Waals surface area (Å²) in [5.41, 5.74) is 0. The SMILES string of the molecule is CCCCCC/C=C\C/C=C\CCCCCCCC(=O)OC(COCCCCCCCCCCCCCC/C=C\CCCCCCCCCC)COC1OC(COC2OC(CO)C(O)C(O)C2O)C(O)C(O)C1O. The molecule has 11 unspecified atom stereocenters. The van der Waals surface area contributed by atoms with Gasteiger partial charge in [-0.15, -0.1) is 0 Å². The summed E-state index contributed by atoms with van der Waals surface area (Å²) >= 11 is 0. The molecule has 0 aromatic carbocycles. The molecule has 0 spiro atoms. The van der Waals surface area contributed by atoms with Crippen molar-refractivity contribution in [3.8, 4) is 0 Å². The third kappa shape index (κ3) is 33.5. The van der Waals surface area contributed by atoms with E-state index in [1.807, 2.05) is 0 Å². The zero-order valence-corrected chi connectivity index (χ0v) is 46.6. The number of hydrogen-bond donors (Lipinski definition) is 7. The highest BCUT2D eigenvalue weighted by molar-refractivity contribution is 5.69. The Balaban J connectivity index is 1.69. The molecule has 7 N–H and O–H groups in total. The molecule has 2 heterocycles. The fourth-order valence-electron chi connectivity index (χ4n) is 9.49. The molecule has 14 nitrogen and oxygen atoms in total. The fourth-order valence-corrected chi connectivity index (χ4v) is 9.49. The van der Waals surface area contributed by atoms with Crippen LogP contribution in [-0.4, -0.2) is 142 Å². The van der Waals surface area contributed by atoms with Crippen molar-refractivity contribution in [1.82, 2.24) is 0 Å². The zero-order valence-electron chi connectivity index (χ0n) is 46.6. The molecule has 0 amide bonds. The van der Waals surface area contributed by atoms with Crippen LogP contribution in [0.25, 0.3) is 0 Å². The van der Waals surface area contributed by atoms with Gasteiger partial charge in [-0.25, -0.2) is 0 Å². The fraction of sp³-hybridized carbons (Fsp3) is 0.883. The molecule has 2 fully saturated rings. The highest BCUT2D eigenvalue weighted by Gasteiger charge is 2.47. The van der Waals surface area contributed by atoms with E-state index in [4.69, 9.17) is 28.4 Å². The van der Waals surface area contributed by atoms with E-state index in [1.54, 1.807) is 0 Å². The second-order valence-corrected chi connectivity index (χ2v) is 21.2. The van der Waals surface area contributed by atoms with Crippen LogP contribution in [-0.2, 0) is 33.2 Å². The highest BCUT2D eigenvalue weighted by atomic mass is 16.7. The van der Waals surface area contributed by atoms with Gasteiger partial charge in [0.25, 0.3) is 0 Å². The van der Waals surface area contributed by atoms with E-state index in [-0.39, 0.29) is 25.6 Å². The summed E-state index contributed by atoms with van der Waals surface area (Å²) in [6.45, 7) is 3.68. The molecule has 0 aromatic rings. The number of esters is 1. The van der Waals surface area contributed by atoms with E-state index in [2.05, 4.69) is 50.3 Å². The van der Waals surface area contributed by atoms with Gasteiger partial charge in [0, 0.05) is 13.0 Å². The minimum absolute atomic E-state index is 0.0572. The van der Waals surface area contributed by atoms with Gasteiger partial charge in [0.2, 0.25) is 0 Å². The molecule has 74 heavy (non-hydrogen) atoms. The second-order valence-electron chi connectivity index (χ2n) is 21.2. The van der Waals surface area contributed by atoms with Gasteiger partial charge < -0.3 is 64.2 Å². The Bertz CT molecular complexity index is 1360. The van der Waals surface area contributed by atoms with Crippen LogP contribution in [0.1, 0.15) is 239 Å². The van der Waals surface area contributed by atoms with Crippen LogP contribution in [0.2, 0.25) is 0 Å². The maximum Gasteiger partial charge on any atom is 0.306 e. The van der Waals surface area contributed by atoms with E-state index >= 15 is 0 Å². The minimum Gasteiger partial charge on any atom is -0.457 e. The van der Waals surface area contributed by atoms with E-state index in [9.17, 15) is 40.5 Å². The van der Waals surface area contributed by atoms with Crippen molar-refractivity contribution in [3.05, 3.63) is 36.5 Å². The Labute approximate surface area is 449 Å². The van der Waals surface area contributed by atoms with Gasteiger partial charge in [-0.2, -0.15) is 0 Å². The van der Waals surface area contributed by atoms with Crippen molar-refractivity contribution in [3.63, 3.8) is 0 Å². The summed E-state index contributed by atoms with van der Waals surface area (Å²) in [4.78, 5) is 13.1. The van der Waals surface area contributed by atoms with E-state index in [0.29, 0.717) is 13.0 Å². The van der Waals surface area contributed by atoms with Crippen molar-refractivity contribution in [1.29, 1.82) is 0 Å². The lowest BCUT2D eigenvalue weighted by atomic mass is 9.98. The van der Waals surface area contributed by atoms with E-state index in [0.717, 1.165) is 64.2 Å². The molecule has 11 atom stereocenters. The normalized spacial score (nSPS) is 25.0. The first-order chi connectivity index (χ1) is 36.1.